The lowest BCUT2D eigenvalue weighted by molar-refractivity contribution is -0.140. The molecule has 2 aliphatic heterocycles. The van der Waals surface area contributed by atoms with Gasteiger partial charge in [0, 0.05) is 42.5 Å². The summed E-state index contributed by atoms with van der Waals surface area (Å²) >= 11 is 6.37. The van der Waals surface area contributed by atoms with E-state index in [1.165, 1.54) is 0 Å². The third kappa shape index (κ3) is 6.65. The van der Waals surface area contributed by atoms with Crippen LogP contribution in [0.15, 0.2) is 42.9 Å². The van der Waals surface area contributed by atoms with Gasteiger partial charge in [-0.1, -0.05) is 32.4 Å². The number of benzene rings is 1. The number of likely N-dealkylation sites (tertiary alicyclic amines) is 1. The number of piperidine rings is 1. The van der Waals surface area contributed by atoms with E-state index in [9.17, 15) is 9.59 Å². The Hall–Kier alpha value is -3.72. The standard InChI is InChI=1S/C29H34ClN7O2/c1-29(2,3)27(39)37-10-8-18(9-11-37)13-25(38)35-24-7-6-21-14-20(24)5-4-19-12-22(16-31-15-19)34-28-32-17-23(30)26(33-21)36-28/h6-7,12,14-18H,4-5,8-11,13H2,1-3H3,(H,35,38)(H2,32,33,34,36). The molecule has 4 heterocycles. The lowest BCUT2D eigenvalue weighted by Gasteiger charge is -2.35. The first-order valence-electron chi connectivity index (χ1n) is 13.4. The second kappa shape index (κ2) is 11.2. The van der Waals surface area contributed by atoms with Crippen LogP contribution in [0.1, 0.15) is 51.2 Å². The number of halogens is 1. The zero-order valence-electron chi connectivity index (χ0n) is 22.6. The van der Waals surface area contributed by atoms with E-state index in [0.29, 0.717) is 42.7 Å². The molecular weight excluding hydrogens is 514 g/mol. The van der Waals surface area contributed by atoms with Gasteiger partial charge in [0.2, 0.25) is 17.8 Å². The fraction of sp³-hybridized carbons (Fsp3) is 0.414. The Labute approximate surface area is 233 Å². The van der Waals surface area contributed by atoms with Crippen molar-refractivity contribution in [2.45, 2.75) is 52.9 Å². The Bertz CT molecular complexity index is 1380. The highest BCUT2D eigenvalue weighted by Crippen LogP contribution is 2.30. The average molecular weight is 548 g/mol. The normalized spacial score (nSPS) is 15.6. The number of hydrogen-bond acceptors (Lipinski definition) is 7. The fourth-order valence-corrected chi connectivity index (χ4v) is 5.17. The van der Waals surface area contributed by atoms with E-state index in [0.717, 1.165) is 47.5 Å². The number of carbonyl (C=O) groups is 2. The summed E-state index contributed by atoms with van der Waals surface area (Å²) in [6, 6.07) is 7.87. The number of fused-ring (bicyclic) bond motifs is 6. The first-order valence-corrected chi connectivity index (χ1v) is 13.7. The lowest BCUT2D eigenvalue weighted by Crippen LogP contribution is -2.44. The van der Waals surface area contributed by atoms with Crippen LogP contribution in [0.2, 0.25) is 5.02 Å². The van der Waals surface area contributed by atoms with E-state index in [1.54, 1.807) is 12.4 Å². The van der Waals surface area contributed by atoms with Crippen molar-refractivity contribution >= 4 is 52.2 Å². The molecular formula is C29H34ClN7O2. The second-order valence-electron chi connectivity index (χ2n) is 11.3. The number of nitrogens with zero attached hydrogens (tertiary/aromatic N) is 4. The molecule has 3 aromatic rings. The molecule has 9 nitrogen and oxygen atoms in total. The highest BCUT2D eigenvalue weighted by atomic mass is 35.5. The van der Waals surface area contributed by atoms with E-state index in [1.807, 2.05) is 56.1 Å². The van der Waals surface area contributed by atoms with Gasteiger partial charge in [0.15, 0.2) is 5.82 Å². The molecule has 2 aliphatic rings. The maximum Gasteiger partial charge on any atom is 0.229 e. The van der Waals surface area contributed by atoms with Crippen molar-refractivity contribution in [1.29, 1.82) is 0 Å². The Kier molecular flexibility index (Phi) is 7.70. The summed E-state index contributed by atoms with van der Waals surface area (Å²) in [5.74, 6) is 1.33. The van der Waals surface area contributed by atoms with Gasteiger partial charge in [0.1, 0.15) is 5.02 Å². The van der Waals surface area contributed by atoms with E-state index in [-0.39, 0.29) is 23.1 Å². The first-order chi connectivity index (χ1) is 18.6. The largest absolute Gasteiger partial charge is 0.342 e. The van der Waals surface area contributed by atoms with Crippen molar-refractivity contribution in [3.63, 3.8) is 0 Å². The van der Waals surface area contributed by atoms with Gasteiger partial charge < -0.3 is 20.9 Å². The van der Waals surface area contributed by atoms with Crippen LogP contribution in [0.5, 0.6) is 0 Å². The van der Waals surface area contributed by atoms with Crippen LogP contribution >= 0.6 is 11.6 Å². The molecule has 0 unspecified atom stereocenters. The summed E-state index contributed by atoms with van der Waals surface area (Å²) in [6.07, 6.45) is 8.69. The SMILES string of the molecule is CC(C)(C)C(=O)N1CCC(CC(=O)Nc2ccc3cc2CCc2cncc(c2)Nc2ncc(Cl)c(n2)N3)CC1. The van der Waals surface area contributed by atoms with Crippen molar-refractivity contribution in [3.05, 3.63) is 59.0 Å². The van der Waals surface area contributed by atoms with Crippen molar-refractivity contribution in [3.8, 4) is 0 Å². The van der Waals surface area contributed by atoms with Gasteiger partial charge in [-0.3, -0.25) is 14.6 Å². The molecule has 2 amide bonds. The van der Waals surface area contributed by atoms with E-state index in [4.69, 9.17) is 11.6 Å². The molecule has 0 atom stereocenters. The lowest BCUT2D eigenvalue weighted by atomic mass is 9.89. The minimum atomic E-state index is -0.381. The molecule has 39 heavy (non-hydrogen) atoms. The van der Waals surface area contributed by atoms with Crippen LogP contribution in [-0.2, 0) is 22.4 Å². The molecule has 0 saturated carbocycles. The van der Waals surface area contributed by atoms with Crippen LogP contribution in [-0.4, -0.2) is 44.8 Å². The molecule has 0 radical (unpaired) electrons. The summed E-state index contributed by atoms with van der Waals surface area (Å²) in [4.78, 5) is 40.8. The minimum Gasteiger partial charge on any atom is -0.342 e. The summed E-state index contributed by atoms with van der Waals surface area (Å²) < 4.78 is 0. The molecule has 2 aromatic heterocycles. The number of amides is 2. The van der Waals surface area contributed by atoms with Crippen LogP contribution in [0.3, 0.4) is 0 Å². The number of carbonyl (C=O) groups excluding carboxylic acids is 2. The van der Waals surface area contributed by atoms with Gasteiger partial charge >= 0.3 is 0 Å². The fourth-order valence-electron chi connectivity index (χ4n) is 5.03. The summed E-state index contributed by atoms with van der Waals surface area (Å²) in [5, 5.41) is 10.0. The zero-order valence-corrected chi connectivity index (χ0v) is 23.3. The predicted molar refractivity (Wildman–Crippen MR) is 154 cm³/mol. The van der Waals surface area contributed by atoms with Crippen LogP contribution in [0, 0.1) is 11.3 Å². The molecule has 3 N–H and O–H groups in total. The van der Waals surface area contributed by atoms with Crippen molar-refractivity contribution < 1.29 is 9.59 Å². The summed E-state index contributed by atoms with van der Waals surface area (Å²) in [5.41, 5.74) is 4.07. The summed E-state index contributed by atoms with van der Waals surface area (Å²) in [7, 11) is 0. The molecule has 0 spiro atoms. The number of nitrogens with one attached hydrogen (secondary N) is 3. The number of rotatable bonds is 3. The molecule has 5 rings (SSSR count). The second-order valence-corrected chi connectivity index (χ2v) is 11.7. The van der Waals surface area contributed by atoms with Crippen molar-refractivity contribution in [2.24, 2.45) is 11.3 Å². The molecule has 10 heteroatoms. The molecule has 6 bridgehead atoms. The molecule has 204 valence electrons. The monoisotopic (exact) mass is 547 g/mol. The number of pyridine rings is 1. The maximum absolute atomic E-state index is 13.1. The number of aryl methyl sites for hydroxylation is 2. The van der Waals surface area contributed by atoms with Gasteiger partial charge in [-0.15, -0.1) is 0 Å². The smallest absolute Gasteiger partial charge is 0.229 e. The van der Waals surface area contributed by atoms with E-state index < -0.39 is 0 Å². The third-order valence-corrected chi connectivity index (χ3v) is 7.41. The average Bonchev–Trinajstić information content (AvgIpc) is 2.90. The molecule has 1 fully saturated rings. The maximum atomic E-state index is 13.1. The molecule has 1 aromatic carbocycles. The van der Waals surface area contributed by atoms with Gasteiger partial charge in [-0.2, -0.15) is 4.98 Å². The molecule has 0 aliphatic carbocycles. The number of hydrogen-bond donors (Lipinski definition) is 3. The quantitative estimate of drug-likeness (QED) is 0.384. The van der Waals surface area contributed by atoms with Crippen molar-refractivity contribution in [1.82, 2.24) is 19.9 Å². The van der Waals surface area contributed by atoms with Gasteiger partial charge in [0.25, 0.3) is 0 Å². The van der Waals surface area contributed by atoms with Crippen LogP contribution in [0.25, 0.3) is 0 Å². The molecule has 1 saturated heterocycles. The van der Waals surface area contributed by atoms with Gasteiger partial charge in [-0.05, 0) is 67.0 Å². The summed E-state index contributed by atoms with van der Waals surface area (Å²) in [6.45, 7) is 7.25. The zero-order chi connectivity index (χ0) is 27.6. The van der Waals surface area contributed by atoms with E-state index in [2.05, 4.69) is 30.9 Å². The minimum absolute atomic E-state index is 0.00757. The highest BCUT2D eigenvalue weighted by Gasteiger charge is 2.31. The van der Waals surface area contributed by atoms with Gasteiger partial charge in [-0.25, -0.2) is 4.98 Å². The number of anilines is 5. The first kappa shape index (κ1) is 26.9. The Balaban J connectivity index is 1.31. The van der Waals surface area contributed by atoms with Gasteiger partial charge in [0.05, 0.1) is 18.1 Å². The third-order valence-electron chi connectivity index (χ3n) is 7.14. The van der Waals surface area contributed by atoms with Crippen LogP contribution in [0.4, 0.5) is 28.8 Å². The highest BCUT2D eigenvalue weighted by molar-refractivity contribution is 6.32. The predicted octanol–water partition coefficient (Wildman–Crippen LogP) is 5.72. The topological polar surface area (TPSA) is 112 Å². The van der Waals surface area contributed by atoms with E-state index >= 15 is 0 Å². The Morgan fingerprint density at radius 3 is 2.62 bits per heavy atom. The Morgan fingerprint density at radius 1 is 1.05 bits per heavy atom. The van der Waals surface area contributed by atoms with Crippen molar-refractivity contribution in [2.75, 3.05) is 29.0 Å². The van der Waals surface area contributed by atoms with Crippen LogP contribution < -0.4 is 16.0 Å². The number of aromatic nitrogens is 3. The Morgan fingerprint density at radius 2 is 1.85 bits per heavy atom.